The van der Waals surface area contributed by atoms with Crippen LogP contribution in [0.25, 0.3) is 11.4 Å². The van der Waals surface area contributed by atoms with Crippen molar-refractivity contribution in [1.29, 1.82) is 0 Å². The third-order valence-corrected chi connectivity index (χ3v) is 5.55. The Hall–Kier alpha value is -2.19. The Bertz CT molecular complexity index is 928. The van der Waals surface area contributed by atoms with E-state index < -0.39 is 0 Å². The van der Waals surface area contributed by atoms with Gasteiger partial charge in [0.25, 0.3) is 0 Å². The molecule has 1 heterocycles. The maximum Gasteiger partial charge on any atom is 0.233 e. The molecule has 0 aliphatic carbocycles. The Labute approximate surface area is 169 Å². The SMILES string of the molecule is CN(Cc1ccc(Br)cc1)C(=O)CSc1nnc(-c2ccc(F)cc2)n1C. The highest BCUT2D eigenvalue weighted by Gasteiger charge is 2.15. The van der Waals surface area contributed by atoms with Crippen LogP contribution in [0.1, 0.15) is 5.56 Å². The lowest BCUT2D eigenvalue weighted by Gasteiger charge is -2.17. The molecule has 0 aliphatic rings. The van der Waals surface area contributed by atoms with Gasteiger partial charge in [0.2, 0.25) is 5.91 Å². The first-order chi connectivity index (χ1) is 12.9. The van der Waals surface area contributed by atoms with Crippen molar-refractivity contribution in [3.05, 3.63) is 64.4 Å². The largest absolute Gasteiger partial charge is 0.341 e. The Kier molecular flexibility index (Phi) is 6.28. The predicted molar refractivity (Wildman–Crippen MR) is 108 cm³/mol. The maximum atomic E-state index is 13.1. The summed E-state index contributed by atoms with van der Waals surface area (Å²) in [6.07, 6.45) is 0. The second-order valence-corrected chi connectivity index (χ2v) is 7.90. The number of rotatable bonds is 6. The first-order valence-electron chi connectivity index (χ1n) is 8.20. The van der Waals surface area contributed by atoms with Gasteiger partial charge in [-0.05, 0) is 42.0 Å². The van der Waals surface area contributed by atoms with Gasteiger partial charge in [-0.3, -0.25) is 4.79 Å². The fourth-order valence-electron chi connectivity index (χ4n) is 2.48. The van der Waals surface area contributed by atoms with Gasteiger partial charge >= 0.3 is 0 Å². The molecule has 0 radical (unpaired) electrons. The Morgan fingerprint density at radius 3 is 2.48 bits per heavy atom. The minimum Gasteiger partial charge on any atom is -0.341 e. The highest BCUT2D eigenvalue weighted by atomic mass is 79.9. The topological polar surface area (TPSA) is 51.0 Å². The van der Waals surface area contributed by atoms with E-state index in [-0.39, 0.29) is 17.5 Å². The molecule has 0 saturated carbocycles. The lowest BCUT2D eigenvalue weighted by molar-refractivity contribution is -0.127. The highest BCUT2D eigenvalue weighted by Crippen LogP contribution is 2.23. The normalized spacial score (nSPS) is 10.8. The van der Waals surface area contributed by atoms with Gasteiger partial charge in [0, 0.05) is 30.7 Å². The van der Waals surface area contributed by atoms with Crippen LogP contribution in [0.4, 0.5) is 4.39 Å². The summed E-state index contributed by atoms with van der Waals surface area (Å²) in [6.45, 7) is 0.548. The molecule has 140 valence electrons. The molecular formula is C19H18BrFN4OS. The van der Waals surface area contributed by atoms with Gasteiger partial charge in [0.05, 0.1) is 5.75 Å². The summed E-state index contributed by atoms with van der Waals surface area (Å²) in [7, 11) is 3.61. The molecule has 2 aromatic carbocycles. The first-order valence-corrected chi connectivity index (χ1v) is 9.98. The number of hydrogen-bond donors (Lipinski definition) is 0. The number of carbonyl (C=O) groups is 1. The zero-order chi connectivity index (χ0) is 19.4. The van der Waals surface area contributed by atoms with Gasteiger partial charge in [0.1, 0.15) is 5.82 Å². The zero-order valence-electron chi connectivity index (χ0n) is 14.9. The van der Waals surface area contributed by atoms with Crippen molar-refractivity contribution in [3.8, 4) is 11.4 Å². The summed E-state index contributed by atoms with van der Waals surface area (Å²) < 4.78 is 15.9. The van der Waals surface area contributed by atoms with E-state index in [1.54, 1.807) is 28.6 Å². The molecule has 27 heavy (non-hydrogen) atoms. The summed E-state index contributed by atoms with van der Waals surface area (Å²) in [5, 5.41) is 8.94. The standard InChI is InChI=1S/C19H18BrFN4OS/c1-24(11-13-3-7-15(20)8-4-13)17(26)12-27-19-23-22-18(25(19)2)14-5-9-16(21)10-6-14/h3-10H,11-12H2,1-2H3. The van der Waals surface area contributed by atoms with Crippen molar-refractivity contribution in [2.45, 2.75) is 11.7 Å². The lowest BCUT2D eigenvalue weighted by atomic mass is 10.2. The van der Waals surface area contributed by atoms with Crippen molar-refractivity contribution in [1.82, 2.24) is 19.7 Å². The van der Waals surface area contributed by atoms with Crippen LogP contribution in [0.15, 0.2) is 58.2 Å². The molecule has 5 nitrogen and oxygen atoms in total. The van der Waals surface area contributed by atoms with Crippen molar-refractivity contribution < 1.29 is 9.18 Å². The molecule has 0 spiro atoms. The molecule has 0 atom stereocenters. The quantitative estimate of drug-likeness (QED) is 0.531. The van der Waals surface area contributed by atoms with E-state index in [0.717, 1.165) is 15.6 Å². The average Bonchev–Trinajstić information content (AvgIpc) is 3.03. The number of thioether (sulfide) groups is 1. The molecule has 0 N–H and O–H groups in total. The fraction of sp³-hybridized carbons (Fsp3) is 0.211. The average molecular weight is 449 g/mol. The van der Waals surface area contributed by atoms with Gasteiger partial charge in [-0.15, -0.1) is 10.2 Å². The first kappa shape index (κ1) is 19.6. The highest BCUT2D eigenvalue weighted by molar-refractivity contribution is 9.10. The number of benzene rings is 2. The van der Waals surface area contributed by atoms with Gasteiger partial charge in [-0.25, -0.2) is 4.39 Å². The number of carbonyl (C=O) groups excluding carboxylic acids is 1. The van der Waals surface area contributed by atoms with Crippen molar-refractivity contribution in [2.24, 2.45) is 7.05 Å². The van der Waals surface area contributed by atoms with E-state index in [9.17, 15) is 9.18 Å². The molecule has 3 aromatic rings. The van der Waals surface area contributed by atoms with Gasteiger partial charge in [0.15, 0.2) is 11.0 Å². The minimum absolute atomic E-state index is 0.00857. The fourth-order valence-corrected chi connectivity index (χ4v) is 3.60. The third-order valence-electron chi connectivity index (χ3n) is 4.02. The van der Waals surface area contributed by atoms with E-state index >= 15 is 0 Å². The van der Waals surface area contributed by atoms with Crippen LogP contribution in [-0.4, -0.2) is 38.4 Å². The monoisotopic (exact) mass is 448 g/mol. The van der Waals surface area contributed by atoms with Crippen molar-refractivity contribution in [3.63, 3.8) is 0 Å². The maximum absolute atomic E-state index is 13.1. The number of aromatic nitrogens is 3. The molecule has 8 heteroatoms. The van der Waals surface area contributed by atoms with Crippen molar-refractivity contribution >= 4 is 33.6 Å². The van der Waals surface area contributed by atoms with E-state index in [1.165, 1.54) is 23.9 Å². The summed E-state index contributed by atoms with van der Waals surface area (Å²) in [5.41, 5.74) is 1.84. The smallest absolute Gasteiger partial charge is 0.233 e. The molecule has 0 saturated heterocycles. The van der Waals surface area contributed by atoms with Gasteiger partial charge in [-0.2, -0.15) is 0 Å². The van der Waals surface area contributed by atoms with Crippen LogP contribution in [0.2, 0.25) is 0 Å². The van der Waals surface area contributed by atoms with Crippen LogP contribution >= 0.6 is 27.7 Å². The molecule has 0 bridgehead atoms. The second kappa shape index (κ2) is 8.67. The van der Waals surface area contributed by atoms with E-state index in [2.05, 4.69) is 26.1 Å². The lowest BCUT2D eigenvalue weighted by Crippen LogP contribution is -2.27. The second-order valence-electron chi connectivity index (χ2n) is 6.04. The van der Waals surface area contributed by atoms with E-state index in [0.29, 0.717) is 17.5 Å². The Morgan fingerprint density at radius 1 is 1.15 bits per heavy atom. The Morgan fingerprint density at radius 2 is 1.81 bits per heavy atom. The Balaban J connectivity index is 1.60. The summed E-state index contributed by atoms with van der Waals surface area (Å²) >= 11 is 4.73. The van der Waals surface area contributed by atoms with E-state index in [1.807, 2.05) is 31.3 Å². The molecule has 1 amide bonds. The predicted octanol–water partition coefficient (Wildman–Crippen LogP) is 4.13. The molecular weight excluding hydrogens is 431 g/mol. The number of amides is 1. The van der Waals surface area contributed by atoms with Crippen LogP contribution < -0.4 is 0 Å². The minimum atomic E-state index is -0.296. The molecule has 3 rings (SSSR count). The van der Waals surface area contributed by atoms with E-state index in [4.69, 9.17) is 0 Å². The summed E-state index contributed by atoms with van der Waals surface area (Å²) in [4.78, 5) is 14.1. The number of nitrogens with zero attached hydrogens (tertiary/aromatic N) is 4. The van der Waals surface area contributed by atoms with Gasteiger partial charge in [-0.1, -0.05) is 39.8 Å². The molecule has 0 unspecified atom stereocenters. The molecule has 0 fully saturated rings. The number of halogens is 2. The summed E-state index contributed by atoms with van der Waals surface area (Å²) in [5.74, 6) is 0.611. The van der Waals surface area contributed by atoms with Crippen LogP contribution in [0.5, 0.6) is 0 Å². The molecule has 0 aliphatic heterocycles. The van der Waals surface area contributed by atoms with Crippen molar-refractivity contribution in [2.75, 3.05) is 12.8 Å². The van der Waals surface area contributed by atoms with Crippen LogP contribution in [0, 0.1) is 5.82 Å². The van der Waals surface area contributed by atoms with Gasteiger partial charge < -0.3 is 9.47 Å². The van der Waals surface area contributed by atoms with Crippen LogP contribution in [-0.2, 0) is 18.4 Å². The zero-order valence-corrected chi connectivity index (χ0v) is 17.3. The van der Waals surface area contributed by atoms with Crippen LogP contribution in [0.3, 0.4) is 0 Å². The third kappa shape index (κ3) is 4.95. The molecule has 1 aromatic heterocycles. The summed E-state index contributed by atoms with van der Waals surface area (Å²) in [6, 6.07) is 14.0. The number of hydrogen-bond acceptors (Lipinski definition) is 4.